The van der Waals surface area contributed by atoms with Gasteiger partial charge in [0, 0.05) is 5.56 Å². The van der Waals surface area contributed by atoms with Gasteiger partial charge in [-0.3, -0.25) is 9.59 Å². The molecule has 3 aromatic rings. The molecule has 9 nitrogen and oxygen atoms in total. The van der Waals surface area contributed by atoms with E-state index in [4.69, 9.17) is 14.2 Å². The Morgan fingerprint density at radius 3 is 2.06 bits per heavy atom. The summed E-state index contributed by atoms with van der Waals surface area (Å²) in [6, 6.07) is 19.8. The number of benzene rings is 3. The highest BCUT2D eigenvalue weighted by atomic mass is 16.5. The summed E-state index contributed by atoms with van der Waals surface area (Å²) in [6.45, 7) is 2.18. The number of carbonyl (C=O) groups excluding carboxylic acids is 3. The van der Waals surface area contributed by atoms with Gasteiger partial charge in [0.2, 0.25) is 0 Å². The molecule has 0 aromatic heterocycles. The molecule has 0 aliphatic carbocycles. The minimum Gasteiger partial charge on any atom is -0.497 e. The number of nitrogens with one attached hydrogen (secondary N) is 2. The average Bonchev–Trinajstić information content (AvgIpc) is 2.89. The zero-order chi connectivity index (χ0) is 25.0. The van der Waals surface area contributed by atoms with E-state index in [9.17, 15) is 14.4 Å². The molecule has 0 atom stereocenters. The number of hydrogen-bond donors (Lipinski definition) is 2. The lowest BCUT2D eigenvalue weighted by Gasteiger charge is -2.06. The first-order valence-electron chi connectivity index (χ1n) is 10.8. The molecule has 3 aromatic carbocycles. The second-order valence-electron chi connectivity index (χ2n) is 7.12. The number of ether oxygens (including phenoxy) is 3. The smallest absolute Gasteiger partial charge is 0.343 e. The monoisotopic (exact) mass is 475 g/mol. The second kappa shape index (κ2) is 12.5. The van der Waals surface area contributed by atoms with Crippen LogP contribution in [-0.2, 0) is 4.79 Å². The van der Waals surface area contributed by atoms with Gasteiger partial charge in [0.15, 0.2) is 0 Å². The summed E-state index contributed by atoms with van der Waals surface area (Å²) >= 11 is 0. The first-order chi connectivity index (χ1) is 17.0. The summed E-state index contributed by atoms with van der Waals surface area (Å²) < 4.78 is 15.7. The van der Waals surface area contributed by atoms with Crippen molar-refractivity contribution in [2.75, 3.05) is 20.3 Å². The minimum atomic E-state index is -0.492. The van der Waals surface area contributed by atoms with Crippen LogP contribution < -0.4 is 25.0 Å². The Labute approximate surface area is 202 Å². The van der Waals surface area contributed by atoms with E-state index in [2.05, 4.69) is 15.8 Å². The highest BCUT2D eigenvalue weighted by Gasteiger charge is 2.09. The molecule has 9 heteroatoms. The molecule has 2 amide bonds. The van der Waals surface area contributed by atoms with Crippen molar-refractivity contribution in [3.63, 3.8) is 0 Å². The molecule has 0 fully saturated rings. The van der Waals surface area contributed by atoms with Gasteiger partial charge in [-0.1, -0.05) is 0 Å². The lowest BCUT2D eigenvalue weighted by Crippen LogP contribution is -2.34. The van der Waals surface area contributed by atoms with E-state index in [1.165, 1.54) is 6.21 Å². The van der Waals surface area contributed by atoms with Crippen molar-refractivity contribution >= 4 is 24.0 Å². The van der Waals surface area contributed by atoms with Gasteiger partial charge in [-0.2, -0.15) is 5.10 Å². The maximum absolute atomic E-state index is 12.2. The number of hydrogen-bond acceptors (Lipinski definition) is 7. The predicted molar refractivity (Wildman–Crippen MR) is 130 cm³/mol. The third-order valence-corrected chi connectivity index (χ3v) is 4.66. The number of nitrogens with zero attached hydrogens (tertiary/aromatic N) is 1. The van der Waals surface area contributed by atoms with Crippen molar-refractivity contribution in [1.82, 2.24) is 10.7 Å². The number of carbonyl (C=O) groups is 3. The van der Waals surface area contributed by atoms with Gasteiger partial charge in [-0.25, -0.2) is 10.2 Å². The summed E-state index contributed by atoms with van der Waals surface area (Å²) in [5.41, 5.74) is 3.83. The van der Waals surface area contributed by atoms with Crippen LogP contribution in [0.4, 0.5) is 0 Å². The molecule has 0 unspecified atom stereocenters. The predicted octanol–water partition coefficient (Wildman–Crippen LogP) is 3.19. The van der Waals surface area contributed by atoms with Gasteiger partial charge in [-0.05, 0) is 85.3 Å². The lowest BCUT2D eigenvalue weighted by atomic mass is 10.2. The molecule has 0 saturated carbocycles. The van der Waals surface area contributed by atoms with Crippen LogP contribution in [-0.4, -0.2) is 44.3 Å². The molecule has 0 aliphatic rings. The van der Waals surface area contributed by atoms with Crippen molar-refractivity contribution in [1.29, 1.82) is 0 Å². The molecule has 35 heavy (non-hydrogen) atoms. The topological polar surface area (TPSA) is 115 Å². The number of methoxy groups -OCH3 is 1. The quantitative estimate of drug-likeness (QED) is 0.201. The maximum atomic E-state index is 12.2. The van der Waals surface area contributed by atoms with E-state index in [0.717, 1.165) is 0 Å². The highest BCUT2D eigenvalue weighted by molar-refractivity contribution is 5.96. The van der Waals surface area contributed by atoms with Crippen molar-refractivity contribution in [2.45, 2.75) is 6.92 Å². The highest BCUT2D eigenvalue weighted by Crippen LogP contribution is 2.16. The standard InChI is InChI=1S/C26H25N3O6/c1-3-34-22-14-6-19(7-15-22)25(31)27-17-24(30)29-28-16-18-4-10-23(11-5-18)35-26(32)20-8-12-21(33-2)13-9-20/h4-16H,3,17H2,1-2H3,(H,27,31)(H,29,30)/b28-16+. The first-order valence-corrected chi connectivity index (χ1v) is 10.8. The zero-order valence-corrected chi connectivity index (χ0v) is 19.3. The fraction of sp³-hybridized carbons (Fsp3) is 0.154. The molecule has 0 bridgehead atoms. The Balaban J connectivity index is 1.42. The summed E-state index contributed by atoms with van der Waals surface area (Å²) in [5.74, 6) is 0.321. The fourth-order valence-corrected chi connectivity index (χ4v) is 2.87. The Morgan fingerprint density at radius 1 is 0.829 bits per heavy atom. The van der Waals surface area contributed by atoms with Crippen molar-refractivity contribution in [3.8, 4) is 17.2 Å². The van der Waals surface area contributed by atoms with Crippen molar-refractivity contribution in [3.05, 3.63) is 89.5 Å². The normalized spacial score (nSPS) is 10.5. The Kier molecular flexibility index (Phi) is 8.95. The van der Waals surface area contributed by atoms with E-state index >= 15 is 0 Å². The molecular weight excluding hydrogens is 450 g/mol. The summed E-state index contributed by atoms with van der Waals surface area (Å²) in [4.78, 5) is 36.3. The Bertz CT molecular complexity index is 1170. The van der Waals surface area contributed by atoms with Crippen LogP contribution in [0.15, 0.2) is 77.9 Å². The molecule has 3 rings (SSSR count). The molecule has 0 heterocycles. The molecule has 2 N–H and O–H groups in total. The SMILES string of the molecule is CCOc1ccc(C(=O)NCC(=O)N/N=C/c2ccc(OC(=O)c3ccc(OC)cc3)cc2)cc1. The minimum absolute atomic E-state index is 0.233. The van der Waals surface area contributed by atoms with Gasteiger partial charge >= 0.3 is 5.97 Å². The fourth-order valence-electron chi connectivity index (χ4n) is 2.87. The van der Waals surface area contributed by atoms with E-state index < -0.39 is 11.9 Å². The van der Waals surface area contributed by atoms with Crippen molar-refractivity contribution in [2.24, 2.45) is 5.10 Å². The van der Waals surface area contributed by atoms with E-state index in [1.807, 2.05) is 6.92 Å². The summed E-state index contributed by atoms with van der Waals surface area (Å²) in [5, 5.41) is 6.39. The summed E-state index contributed by atoms with van der Waals surface area (Å²) in [7, 11) is 1.55. The lowest BCUT2D eigenvalue weighted by molar-refractivity contribution is -0.120. The first kappa shape index (κ1) is 25.0. The second-order valence-corrected chi connectivity index (χ2v) is 7.12. The van der Waals surface area contributed by atoms with E-state index in [1.54, 1.807) is 79.9 Å². The van der Waals surface area contributed by atoms with E-state index in [-0.39, 0.29) is 12.5 Å². The molecule has 0 saturated heterocycles. The molecule has 180 valence electrons. The number of hydrazone groups is 1. The Morgan fingerprint density at radius 2 is 1.43 bits per heavy atom. The average molecular weight is 476 g/mol. The van der Waals surface area contributed by atoms with Crippen molar-refractivity contribution < 1.29 is 28.6 Å². The van der Waals surface area contributed by atoms with Crippen LogP contribution in [0.3, 0.4) is 0 Å². The van der Waals surface area contributed by atoms with Gasteiger partial charge in [0.1, 0.15) is 17.2 Å². The largest absolute Gasteiger partial charge is 0.497 e. The number of esters is 1. The van der Waals surface area contributed by atoms with Crippen LogP contribution in [0.5, 0.6) is 17.2 Å². The van der Waals surface area contributed by atoms with Gasteiger partial charge < -0.3 is 19.5 Å². The summed E-state index contributed by atoms with van der Waals surface area (Å²) in [6.07, 6.45) is 1.43. The van der Waals surface area contributed by atoms with E-state index in [0.29, 0.717) is 40.5 Å². The Hall–Kier alpha value is -4.66. The molecule has 0 radical (unpaired) electrons. The van der Waals surface area contributed by atoms with Crippen LogP contribution in [0.1, 0.15) is 33.2 Å². The third kappa shape index (κ3) is 7.71. The van der Waals surface area contributed by atoms with Crippen LogP contribution in [0.2, 0.25) is 0 Å². The molecular formula is C26H25N3O6. The van der Waals surface area contributed by atoms with Gasteiger partial charge in [-0.15, -0.1) is 0 Å². The number of rotatable bonds is 10. The van der Waals surface area contributed by atoms with Crippen LogP contribution in [0.25, 0.3) is 0 Å². The maximum Gasteiger partial charge on any atom is 0.343 e. The molecule has 0 aliphatic heterocycles. The third-order valence-electron chi connectivity index (χ3n) is 4.66. The van der Waals surface area contributed by atoms with Crippen LogP contribution in [0, 0.1) is 0 Å². The van der Waals surface area contributed by atoms with Gasteiger partial charge in [0.25, 0.3) is 11.8 Å². The van der Waals surface area contributed by atoms with Crippen LogP contribution >= 0.6 is 0 Å². The zero-order valence-electron chi connectivity index (χ0n) is 19.3. The van der Waals surface area contributed by atoms with Gasteiger partial charge in [0.05, 0.1) is 32.0 Å². The number of amides is 2. The molecule has 0 spiro atoms.